The minimum Gasteiger partial charge on any atom is -0.462 e. The molecule has 1 amide bonds. The number of rotatable bonds is 18. The standard InChI is InChI=1S/C37H43FN2O8S/c1-25(8-7-18-47-37(42)28-9-5-4-6-10-28)24-46-21-20-45-19-17-40(49(3,43)44)32-23-33-31(22-30(32)26-11-12-26)34(36(41)39-2)35(48-33)27-13-15-29(38)16-14-27/h4-6,9-10,13-16,22-23,25-26H,7-8,11-12,17-21,24H2,1-3H3,(H,39,41). The van der Waals surface area contributed by atoms with E-state index in [0.717, 1.165) is 37.5 Å². The third-order valence-corrected chi connectivity index (χ3v) is 9.56. The molecule has 0 bridgehead atoms. The molecule has 1 heterocycles. The first-order valence-corrected chi connectivity index (χ1v) is 18.4. The van der Waals surface area contributed by atoms with Crippen LogP contribution >= 0.6 is 0 Å². The number of carbonyl (C=O) groups is 2. The van der Waals surface area contributed by atoms with Crippen LogP contribution in [0.15, 0.2) is 71.1 Å². The van der Waals surface area contributed by atoms with Gasteiger partial charge in [0.1, 0.15) is 17.2 Å². The van der Waals surface area contributed by atoms with Gasteiger partial charge in [-0.05, 0) is 85.5 Å². The van der Waals surface area contributed by atoms with Gasteiger partial charge in [-0.3, -0.25) is 9.10 Å². The zero-order valence-corrected chi connectivity index (χ0v) is 28.9. The van der Waals surface area contributed by atoms with Gasteiger partial charge < -0.3 is 23.9 Å². The summed E-state index contributed by atoms with van der Waals surface area (Å²) in [7, 11) is -2.18. The number of ether oxygens (including phenoxy) is 3. The lowest BCUT2D eigenvalue weighted by Gasteiger charge is -2.25. The van der Waals surface area contributed by atoms with Gasteiger partial charge in [-0.15, -0.1) is 0 Å². The molecule has 0 spiro atoms. The highest BCUT2D eigenvalue weighted by Gasteiger charge is 2.33. The Bertz CT molecular complexity index is 1840. The molecule has 1 fully saturated rings. The number of anilines is 1. The molecule has 12 heteroatoms. The molecule has 4 aromatic rings. The summed E-state index contributed by atoms with van der Waals surface area (Å²) in [5.41, 5.74) is 3.04. The van der Waals surface area contributed by atoms with Crippen LogP contribution in [0.4, 0.5) is 10.1 Å². The number of sulfonamides is 1. The van der Waals surface area contributed by atoms with Crippen LogP contribution in [0, 0.1) is 11.7 Å². The molecule has 0 aliphatic heterocycles. The molecule has 0 saturated heterocycles. The number of esters is 1. The Morgan fingerprint density at radius 3 is 2.39 bits per heavy atom. The topological polar surface area (TPSA) is 124 Å². The summed E-state index contributed by atoms with van der Waals surface area (Å²) in [6.07, 6.45) is 4.53. The fourth-order valence-electron chi connectivity index (χ4n) is 5.70. The van der Waals surface area contributed by atoms with Crippen molar-refractivity contribution < 1.29 is 41.0 Å². The highest BCUT2D eigenvalue weighted by molar-refractivity contribution is 7.92. The first-order valence-electron chi connectivity index (χ1n) is 16.5. The van der Waals surface area contributed by atoms with Gasteiger partial charge in [0.25, 0.3) is 5.91 Å². The first kappa shape index (κ1) is 36.0. The maximum Gasteiger partial charge on any atom is 0.338 e. The van der Waals surface area contributed by atoms with Crippen molar-refractivity contribution in [1.82, 2.24) is 5.32 Å². The lowest BCUT2D eigenvalue weighted by molar-refractivity contribution is 0.0341. The Labute approximate surface area is 286 Å². The molecule has 1 aliphatic carbocycles. The summed E-state index contributed by atoms with van der Waals surface area (Å²) in [4.78, 5) is 25.1. The number of furan rings is 1. The van der Waals surface area contributed by atoms with Crippen LogP contribution in [0.5, 0.6) is 0 Å². The number of nitrogens with one attached hydrogen (secondary N) is 1. The number of halogens is 1. The second-order valence-electron chi connectivity index (χ2n) is 12.3. The molecule has 1 atom stereocenters. The van der Waals surface area contributed by atoms with E-state index in [1.54, 1.807) is 42.5 Å². The molecule has 49 heavy (non-hydrogen) atoms. The summed E-state index contributed by atoms with van der Waals surface area (Å²) >= 11 is 0. The van der Waals surface area contributed by atoms with Gasteiger partial charge in [0.2, 0.25) is 10.0 Å². The largest absolute Gasteiger partial charge is 0.462 e. The molecule has 5 rings (SSSR count). The molecule has 10 nitrogen and oxygen atoms in total. The van der Waals surface area contributed by atoms with Gasteiger partial charge >= 0.3 is 5.97 Å². The predicted octanol–water partition coefficient (Wildman–Crippen LogP) is 6.55. The first-order chi connectivity index (χ1) is 23.6. The second-order valence-corrected chi connectivity index (χ2v) is 14.3. The average molecular weight is 695 g/mol. The van der Waals surface area contributed by atoms with Crippen LogP contribution in [0.2, 0.25) is 0 Å². The van der Waals surface area contributed by atoms with E-state index in [9.17, 15) is 22.4 Å². The fourth-order valence-corrected chi connectivity index (χ4v) is 6.62. The van der Waals surface area contributed by atoms with Crippen LogP contribution in [-0.4, -0.2) is 73.2 Å². The summed E-state index contributed by atoms with van der Waals surface area (Å²) < 4.78 is 64.2. The number of carbonyl (C=O) groups excluding carboxylic acids is 2. The molecular formula is C37H43FN2O8S. The molecule has 3 aromatic carbocycles. The van der Waals surface area contributed by atoms with Crippen LogP contribution in [0.1, 0.15) is 64.8 Å². The van der Waals surface area contributed by atoms with Crippen LogP contribution in [-0.2, 0) is 24.2 Å². The quantitative estimate of drug-likeness (QED) is 0.0919. The van der Waals surface area contributed by atoms with Crippen molar-refractivity contribution in [2.75, 3.05) is 57.2 Å². The summed E-state index contributed by atoms with van der Waals surface area (Å²) in [6, 6.07) is 18.1. The van der Waals surface area contributed by atoms with Crippen molar-refractivity contribution >= 4 is 38.6 Å². The Kier molecular flexibility index (Phi) is 12.1. The average Bonchev–Trinajstić information content (AvgIpc) is 3.87. The smallest absolute Gasteiger partial charge is 0.338 e. The van der Waals surface area contributed by atoms with Crippen LogP contribution < -0.4 is 9.62 Å². The number of hydrogen-bond acceptors (Lipinski definition) is 8. The number of fused-ring (bicyclic) bond motifs is 1. The Morgan fingerprint density at radius 2 is 1.71 bits per heavy atom. The molecule has 262 valence electrons. The minimum atomic E-state index is -3.71. The monoisotopic (exact) mass is 694 g/mol. The van der Waals surface area contributed by atoms with E-state index in [1.807, 2.05) is 12.1 Å². The van der Waals surface area contributed by atoms with Gasteiger partial charge in [0.15, 0.2) is 0 Å². The summed E-state index contributed by atoms with van der Waals surface area (Å²) in [5, 5.41) is 3.22. The second kappa shape index (κ2) is 16.4. The van der Waals surface area contributed by atoms with Crippen molar-refractivity contribution in [3.63, 3.8) is 0 Å². The van der Waals surface area contributed by atoms with Crippen molar-refractivity contribution in [1.29, 1.82) is 0 Å². The van der Waals surface area contributed by atoms with Crippen molar-refractivity contribution in [2.24, 2.45) is 5.92 Å². The van der Waals surface area contributed by atoms with E-state index < -0.39 is 15.8 Å². The van der Waals surface area contributed by atoms with Gasteiger partial charge in [-0.2, -0.15) is 0 Å². The number of hydrogen-bond donors (Lipinski definition) is 1. The van der Waals surface area contributed by atoms with Gasteiger partial charge in [0.05, 0.1) is 56.0 Å². The van der Waals surface area contributed by atoms with Crippen molar-refractivity contribution in [3.8, 4) is 11.3 Å². The highest BCUT2D eigenvalue weighted by atomic mass is 32.2. The normalized spacial score (nSPS) is 13.7. The zero-order valence-electron chi connectivity index (χ0n) is 28.1. The maximum absolute atomic E-state index is 13.7. The van der Waals surface area contributed by atoms with E-state index in [2.05, 4.69) is 12.2 Å². The Balaban J connectivity index is 1.16. The predicted molar refractivity (Wildman–Crippen MR) is 186 cm³/mol. The SMILES string of the molecule is CNC(=O)c1c(-c2ccc(F)cc2)oc2cc(N(CCOCCOCC(C)CCCOC(=O)c3ccccc3)S(C)(=O)=O)c(C3CC3)cc12. The minimum absolute atomic E-state index is 0.0794. The molecule has 1 saturated carbocycles. The lowest BCUT2D eigenvalue weighted by Crippen LogP contribution is -2.34. The lowest BCUT2D eigenvalue weighted by atomic mass is 10.0. The van der Waals surface area contributed by atoms with Crippen molar-refractivity contribution in [2.45, 2.75) is 38.5 Å². The van der Waals surface area contributed by atoms with E-state index >= 15 is 0 Å². The molecule has 1 aromatic heterocycles. The van der Waals surface area contributed by atoms with E-state index in [0.29, 0.717) is 59.8 Å². The molecule has 1 unspecified atom stereocenters. The number of amides is 1. The number of benzene rings is 3. The zero-order chi connectivity index (χ0) is 35.0. The van der Waals surface area contributed by atoms with Crippen molar-refractivity contribution in [3.05, 3.63) is 89.2 Å². The van der Waals surface area contributed by atoms with Crippen LogP contribution in [0.3, 0.4) is 0 Å². The summed E-state index contributed by atoms with van der Waals surface area (Å²) in [5.74, 6) is -0.404. The third kappa shape index (κ3) is 9.46. The van der Waals surface area contributed by atoms with E-state index in [-0.39, 0.29) is 42.6 Å². The van der Waals surface area contributed by atoms with Gasteiger partial charge in [-0.25, -0.2) is 17.6 Å². The van der Waals surface area contributed by atoms with Gasteiger partial charge in [-0.1, -0.05) is 25.1 Å². The molecule has 0 radical (unpaired) electrons. The maximum atomic E-state index is 13.7. The number of nitrogens with zero attached hydrogens (tertiary/aromatic N) is 1. The van der Waals surface area contributed by atoms with Gasteiger partial charge in [0, 0.05) is 30.7 Å². The van der Waals surface area contributed by atoms with Crippen LogP contribution in [0.25, 0.3) is 22.3 Å². The molecule has 1 N–H and O–H groups in total. The van der Waals surface area contributed by atoms with E-state index in [1.165, 1.54) is 23.5 Å². The molecule has 1 aliphatic rings. The highest BCUT2D eigenvalue weighted by Crippen LogP contribution is 2.48. The summed E-state index contributed by atoms with van der Waals surface area (Å²) in [6.45, 7) is 3.81. The third-order valence-electron chi connectivity index (χ3n) is 8.38. The van der Waals surface area contributed by atoms with E-state index in [4.69, 9.17) is 18.6 Å². The molecular weight excluding hydrogens is 651 g/mol. The fraction of sp³-hybridized carbons (Fsp3) is 0.405. The Hall–Kier alpha value is -4.26. The Morgan fingerprint density at radius 1 is 1.00 bits per heavy atom.